The van der Waals surface area contributed by atoms with Crippen LogP contribution in [0.15, 0.2) is 39.7 Å². The second kappa shape index (κ2) is 10.1. The Hall–Kier alpha value is -2.87. The largest absolute Gasteiger partial charge is 0.459 e. The molecule has 2 heterocycles. The quantitative estimate of drug-likeness (QED) is 0.327. The van der Waals surface area contributed by atoms with Crippen LogP contribution in [-0.2, 0) is 18.3 Å². The molecule has 0 radical (unpaired) electrons. The van der Waals surface area contributed by atoms with Crippen molar-refractivity contribution in [2.24, 2.45) is 12.0 Å². The van der Waals surface area contributed by atoms with Crippen LogP contribution in [0.3, 0.4) is 0 Å². The number of aromatic nitrogens is 3. The van der Waals surface area contributed by atoms with E-state index < -0.39 is 0 Å². The normalized spacial score (nSPS) is 13.0. The van der Waals surface area contributed by atoms with Crippen LogP contribution in [0.25, 0.3) is 11.0 Å². The van der Waals surface area contributed by atoms with Gasteiger partial charge in [-0.25, -0.2) is 4.99 Å². The van der Waals surface area contributed by atoms with Crippen LogP contribution in [0.4, 0.5) is 0 Å². The van der Waals surface area contributed by atoms with Crippen molar-refractivity contribution in [3.63, 3.8) is 0 Å². The number of rotatable bonds is 9. The summed E-state index contributed by atoms with van der Waals surface area (Å²) in [5.41, 5.74) is 0.883. The van der Waals surface area contributed by atoms with Gasteiger partial charge in [0, 0.05) is 32.2 Å². The maximum absolute atomic E-state index is 5.98. The highest BCUT2D eigenvalue weighted by Gasteiger charge is 2.14. The van der Waals surface area contributed by atoms with Gasteiger partial charge in [0.2, 0.25) is 0 Å². The molecular formula is C21H30N6O2. The summed E-state index contributed by atoms with van der Waals surface area (Å²) >= 11 is 0. The summed E-state index contributed by atoms with van der Waals surface area (Å²) in [4.78, 5) is 4.69. The van der Waals surface area contributed by atoms with Crippen LogP contribution in [0, 0.1) is 6.92 Å². The molecule has 8 nitrogen and oxygen atoms in total. The van der Waals surface area contributed by atoms with Crippen molar-refractivity contribution in [1.29, 1.82) is 0 Å². The van der Waals surface area contributed by atoms with Crippen LogP contribution in [0.1, 0.15) is 43.7 Å². The molecule has 2 N–H and O–H groups in total. The standard InChI is InChI=1S/C21H30N6O2/c1-5-28-12-8-11-22-21(23-14-20-26-25-16(3)27(20)4)24-15(2)19-13-17-9-6-7-10-18(17)29-19/h6-7,9-10,13,15H,5,8,11-12,14H2,1-4H3,(H2,22,23,24). The van der Waals surface area contributed by atoms with E-state index >= 15 is 0 Å². The van der Waals surface area contributed by atoms with Crippen molar-refractivity contribution in [3.8, 4) is 0 Å². The number of nitrogens with zero attached hydrogens (tertiary/aromatic N) is 4. The van der Waals surface area contributed by atoms with Crippen molar-refractivity contribution in [2.75, 3.05) is 19.8 Å². The highest BCUT2D eigenvalue weighted by atomic mass is 16.5. The molecule has 0 spiro atoms. The molecule has 0 bridgehead atoms. The second-order valence-corrected chi connectivity index (χ2v) is 6.92. The van der Waals surface area contributed by atoms with Gasteiger partial charge >= 0.3 is 0 Å². The molecule has 29 heavy (non-hydrogen) atoms. The molecule has 0 aliphatic rings. The number of hydrogen-bond donors (Lipinski definition) is 2. The first-order valence-corrected chi connectivity index (χ1v) is 10.0. The summed E-state index contributed by atoms with van der Waals surface area (Å²) in [5, 5.41) is 16.2. The lowest BCUT2D eigenvalue weighted by atomic mass is 10.2. The zero-order chi connectivity index (χ0) is 20.6. The first-order valence-electron chi connectivity index (χ1n) is 10.0. The first-order chi connectivity index (χ1) is 14.1. The van der Waals surface area contributed by atoms with E-state index in [2.05, 4.69) is 33.8 Å². The average Bonchev–Trinajstić information content (AvgIpc) is 3.29. The van der Waals surface area contributed by atoms with E-state index in [1.165, 1.54) is 0 Å². The summed E-state index contributed by atoms with van der Waals surface area (Å²) < 4.78 is 13.3. The van der Waals surface area contributed by atoms with Gasteiger partial charge in [-0.1, -0.05) is 18.2 Å². The van der Waals surface area contributed by atoms with Crippen LogP contribution in [0.5, 0.6) is 0 Å². The predicted molar refractivity (Wildman–Crippen MR) is 114 cm³/mol. The van der Waals surface area contributed by atoms with Crippen LogP contribution in [-0.4, -0.2) is 40.5 Å². The van der Waals surface area contributed by atoms with Gasteiger partial charge in [0.1, 0.15) is 23.7 Å². The average molecular weight is 399 g/mol. The van der Waals surface area contributed by atoms with E-state index in [1.807, 2.05) is 49.7 Å². The smallest absolute Gasteiger partial charge is 0.192 e. The molecule has 1 aromatic carbocycles. The predicted octanol–water partition coefficient (Wildman–Crippen LogP) is 3.09. The zero-order valence-electron chi connectivity index (χ0n) is 17.6. The van der Waals surface area contributed by atoms with E-state index in [0.717, 1.165) is 54.6 Å². The molecule has 2 aromatic heterocycles. The van der Waals surface area contributed by atoms with Crippen molar-refractivity contribution in [2.45, 2.75) is 39.8 Å². The number of guanidine groups is 1. The van der Waals surface area contributed by atoms with Gasteiger partial charge in [-0.15, -0.1) is 10.2 Å². The summed E-state index contributed by atoms with van der Waals surface area (Å²) in [5.74, 6) is 3.25. The van der Waals surface area contributed by atoms with Crippen LogP contribution < -0.4 is 10.6 Å². The minimum absolute atomic E-state index is 0.0400. The lowest BCUT2D eigenvalue weighted by Crippen LogP contribution is -2.39. The van der Waals surface area contributed by atoms with Crippen molar-refractivity contribution < 1.29 is 9.15 Å². The minimum atomic E-state index is -0.0400. The monoisotopic (exact) mass is 398 g/mol. The van der Waals surface area contributed by atoms with Gasteiger partial charge in [0.25, 0.3) is 0 Å². The van der Waals surface area contributed by atoms with Gasteiger partial charge in [0.15, 0.2) is 11.8 Å². The molecule has 0 aliphatic heterocycles. The third kappa shape index (κ3) is 5.57. The highest BCUT2D eigenvalue weighted by Crippen LogP contribution is 2.23. The van der Waals surface area contributed by atoms with E-state index in [9.17, 15) is 0 Å². The lowest BCUT2D eigenvalue weighted by Gasteiger charge is -2.17. The molecule has 0 amide bonds. The Kier molecular flexibility index (Phi) is 7.24. The Morgan fingerprint density at radius 3 is 2.86 bits per heavy atom. The fourth-order valence-electron chi connectivity index (χ4n) is 2.91. The molecule has 3 aromatic rings. The number of ether oxygens (including phenoxy) is 1. The van der Waals surface area contributed by atoms with Gasteiger partial charge in [-0.05, 0) is 39.3 Å². The number of furan rings is 1. The molecule has 0 saturated heterocycles. The van der Waals surface area contributed by atoms with E-state index in [0.29, 0.717) is 12.5 Å². The third-order valence-electron chi connectivity index (χ3n) is 4.75. The maximum atomic E-state index is 5.98. The topological polar surface area (TPSA) is 89.5 Å². The van der Waals surface area contributed by atoms with Crippen molar-refractivity contribution in [3.05, 3.63) is 47.7 Å². The Morgan fingerprint density at radius 2 is 2.14 bits per heavy atom. The Balaban J connectivity index is 1.68. The molecular weight excluding hydrogens is 368 g/mol. The zero-order valence-corrected chi connectivity index (χ0v) is 17.6. The Bertz CT molecular complexity index is 913. The Labute approximate surface area is 171 Å². The number of benzene rings is 1. The molecule has 1 unspecified atom stereocenters. The van der Waals surface area contributed by atoms with Crippen LogP contribution in [0.2, 0.25) is 0 Å². The summed E-state index contributed by atoms with van der Waals surface area (Å²) in [6.45, 7) is 8.63. The fraction of sp³-hybridized carbons (Fsp3) is 0.476. The fourth-order valence-corrected chi connectivity index (χ4v) is 2.91. The minimum Gasteiger partial charge on any atom is -0.459 e. The molecule has 1 atom stereocenters. The maximum Gasteiger partial charge on any atom is 0.192 e. The molecule has 3 rings (SSSR count). The molecule has 8 heteroatoms. The van der Waals surface area contributed by atoms with Gasteiger partial charge < -0.3 is 24.4 Å². The van der Waals surface area contributed by atoms with Gasteiger partial charge in [0.05, 0.1) is 6.04 Å². The summed E-state index contributed by atoms with van der Waals surface area (Å²) in [6, 6.07) is 10.0. The third-order valence-corrected chi connectivity index (χ3v) is 4.75. The van der Waals surface area contributed by atoms with Gasteiger partial charge in [-0.3, -0.25) is 0 Å². The SMILES string of the molecule is CCOCCCNC(=NCc1nnc(C)n1C)NC(C)c1cc2ccccc2o1. The number of aryl methyl sites for hydroxylation is 1. The lowest BCUT2D eigenvalue weighted by molar-refractivity contribution is 0.145. The molecule has 0 aliphatic carbocycles. The number of para-hydroxylation sites is 1. The molecule has 0 saturated carbocycles. The van der Waals surface area contributed by atoms with Crippen molar-refractivity contribution in [1.82, 2.24) is 25.4 Å². The van der Waals surface area contributed by atoms with E-state index in [-0.39, 0.29) is 6.04 Å². The Morgan fingerprint density at radius 1 is 1.31 bits per heavy atom. The molecule has 0 fully saturated rings. The second-order valence-electron chi connectivity index (χ2n) is 6.92. The summed E-state index contributed by atoms with van der Waals surface area (Å²) in [6.07, 6.45) is 0.899. The number of hydrogen-bond acceptors (Lipinski definition) is 5. The number of nitrogens with one attached hydrogen (secondary N) is 2. The van der Waals surface area contributed by atoms with E-state index in [4.69, 9.17) is 14.1 Å². The van der Waals surface area contributed by atoms with Crippen LogP contribution >= 0.6 is 0 Å². The van der Waals surface area contributed by atoms with Gasteiger partial charge in [-0.2, -0.15) is 0 Å². The number of aliphatic imine (C=N–C) groups is 1. The first kappa shape index (κ1) is 20.9. The van der Waals surface area contributed by atoms with E-state index in [1.54, 1.807) is 0 Å². The summed E-state index contributed by atoms with van der Waals surface area (Å²) in [7, 11) is 1.94. The number of fused-ring (bicyclic) bond motifs is 1. The highest BCUT2D eigenvalue weighted by molar-refractivity contribution is 5.81. The van der Waals surface area contributed by atoms with Crippen molar-refractivity contribution >= 4 is 16.9 Å². The molecule has 156 valence electrons.